The predicted molar refractivity (Wildman–Crippen MR) is 82.5 cm³/mol. The van der Waals surface area contributed by atoms with Crippen molar-refractivity contribution in [2.75, 3.05) is 11.8 Å². The van der Waals surface area contributed by atoms with Crippen molar-refractivity contribution in [3.63, 3.8) is 0 Å². The molecule has 2 aromatic rings. The molecule has 0 fully saturated rings. The molecule has 2 rings (SSSR count). The molecule has 1 aromatic carbocycles. The third-order valence-corrected chi connectivity index (χ3v) is 6.65. The van der Waals surface area contributed by atoms with Crippen LogP contribution in [0.2, 0.25) is 5.02 Å². The summed E-state index contributed by atoms with van der Waals surface area (Å²) in [5.41, 5.74) is 0.0615. The lowest BCUT2D eigenvalue weighted by Crippen LogP contribution is -2.11. The van der Waals surface area contributed by atoms with Gasteiger partial charge in [0.2, 0.25) is 0 Å². The molecule has 0 radical (unpaired) electrons. The number of sulfonamides is 1. The molecule has 0 aliphatic rings. The van der Waals surface area contributed by atoms with Gasteiger partial charge in [-0.05, 0) is 34.1 Å². The molecule has 0 aliphatic heterocycles. The van der Waals surface area contributed by atoms with E-state index in [0.717, 1.165) is 11.3 Å². The Morgan fingerprint density at radius 3 is 2.60 bits per heavy atom. The lowest BCUT2D eigenvalue weighted by atomic mass is 10.3. The van der Waals surface area contributed by atoms with Gasteiger partial charge in [-0.2, -0.15) is 0 Å². The van der Waals surface area contributed by atoms with Crippen molar-refractivity contribution in [3.8, 4) is 11.5 Å². The number of phenols is 1. The fourth-order valence-corrected chi connectivity index (χ4v) is 4.85. The molecule has 0 bridgehead atoms. The zero-order valence-electron chi connectivity index (χ0n) is 10.1. The Morgan fingerprint density at radius 2 is 2.10 bits per heavy atom. The van der Waals surface area contributed by atoms with Gasteiger partial charge in [-0.25, -0.2) is 8.42 Å². The molecule has 9 heteroatoms. The van der Waals surface area contributed by atoms with Gasteiger partial charge in [0.05, 0.1) is 21.6 Å². The van der Waals surface area contributed by atoms with Crippen molar-refractivity contribution >= 4 is 54.6 Å². The van der Waals surface area contributed by atoms with Gasteiger partial charge in [-0.3, -0.25) is 4.72 Å². The highest BCUT2D eigenvalue weighted by Crippen LogP contribution is 2.36. The van der Waals surface area contributed by atoms with Gasteiger partial charge in [-0.15, -0.1) is 11.3 Å². The van der Waals surface area contributed by atoms with Crippen LogP contribution in [0.3, 0.4) is 0 Å². The standard InChI is InChI=1S/C11H9BrClNO4S2/c1-18-6-2-3-8(9(15)4-6)14-20(16,17)10-5-7(13)11(12)19-10/h2-5,14-15H,1H3. The number of methoxy groups -OCH3 is 1. The van der Waals surface area contributed by atoms with E-state index >= 15 is 0 Å². The molecular weight excluding hydrogens is 390 g/mol. The van der Waals surface area contributed by atoms with Gasteiger partial charge in [0.15, 0.2) is 0 Å². The van der Waals surface area contributed by atoms with Crippen LogP contribution in [-0.4, -0.2) is 20.6 Å². The Hall–Kier alpha value is -0.960. The molecule has 0 saturated heterocycles. The maximum absolute atomic E-state index is 12.2. The van der Waals surface area contributed by atoms with E-state index in [2.05, 4.69) is 20.7 Å². The normalized spacial score (nSPS) is 11.3. The van der Waals surface area contributed by atoms with Crippen molar-refractivity contribution < 1.29 is 18.3 Å². The SMILES string of the molecule is COc1ccc(NS(=O)(=O)c2cc(Cl)c(Br)s2)c(O)c1. The number of hydrogen-bond donors (Lipinski definition) is 2. The zero-order chi connectivity index (χ0) is 14.9. The lowest BCUT2D eigenvalue weighted by molar-refractivity contribution is 0.408. The highest BCUT2D eigenvalue weighted by atomic mass is 79.9. The third-order valence-electron chi connectivity index (χ3n) is 2.34. The molecule has 108 valence electrons. The minimum atomic E-state index is -3.80. The van der Waals surface area contributed by atoms with Gasteiger partial charge in [0.1, 0.15) is 15.7 Å². The van der Waals surface area contributed by atoms with Crippen LogP contribution in [0, 0.1) is 0 Å². The Balaban J connectivity index is 2.33. The summed E-state index contributed by atoms with van der Waals surface area (Å²) in [6, 6.07) is 5.60. The van der Waals surface area contributed by atoms with Gasteiger partial charge >= 0.3 is 0 Å². The van der Waals surface area contributed by atoms with Crippen molar-refractivity contribution in [1.29, 1.82) is 0 Å². The molecule has 0 amide bonds. The molecular formula is C11H9BrClNO4S2. The number of anilines is 1. The number of nitrogens with one attached hydrogen (secondary N) is 1. The first-order valence-electron chi connectivity index (χ1n) is 5.18. The van der Waals surface area contributed by atoms with E-state index in [1.807, 2.05) is 0 Å². The van der Waals surface area contributed by atoms with E-state index in [1.54, 1.807) is 0 Å². The van der Waals surface area contributed by atoms with Crippen LogP contribution in [0.1, 0.15) is 0 Å². The second kappa shape index (κ2) is 5.80. The third kappa shape index (κ3) is 3.20. The number of hydrogen-bond acceptors (Lipinski definition) is 5. The van der Waals surface area contributed by atoms with E-state index < -0.39 is 10.0 Å². The smallest absolute Gasteiger partial charge is 0.271 e. The Morgan fingerprint density at radius 1 is 1.40 bits per heavy atom. The molecule has 0 aliphatic carbocycles. The Labute approximate surface area is 133 Å². The quantitative estimate of drug-likeness (QED) is 0.770. The topological polar surface area (TPSA) is 75.6 Å². The molecule has 1 heterocycles. The molecule has 1 aromatic heterocycles. The zero-order valence-corrected chi connectivity index (χ0v) is 14.0. The van der Waals surface area contributed by atoms with Crippen LogP contribution < -0.4 is 9.46 Å². The van der Waals surface area contributed by atoms with Gasteiger partial charge < -0.3 is 9.84 Å². The van der Waals surface area contributed by atoms with Crippen LogP contribution >= 0.6 is 38.9 Å². The average molecular weight is 399 g/mol. The van der Waals surface area contributed by atoms with Crippen LogP contribution in [0.25, 0.3) is 0 Å². The number of benzene rings is 1. The van der Waals surface area contributed by atoms with Crippen molar-refractivity contribution in [3.05, 3.63) is 33.1 Å². The first-order chi connectivity index (χ1) is 9.33. The number of ether oxygens (including phenoxy) is 1. The summed E-state index contributed by atoms with van der Waals surface area (Å²) in [4.78, 5) is 0. The lowest BCUT2D eigenvalue weighted by Gasteiger charge is -2.09. The maximum Gasteiger partial charge on any atom is 0.271 e. The van der Waals surface area contributed by atoms with Crippen molar-refractivity contribution in [1.82, 2.24) is 0 Å². The summed E-state index contributed by atoms with van der Waals surface area (Å²) in [5, 5.41) is 10.1. The Bertz CT molecular complexity index is 725. The van der Waals surface area contributed by atoms with Gasteiger partial charge in [-0.1, -0.05) is 11.6 Å². The molecule has 5 nitrogen and oxygen atoms in total. The predicted octanol–water partition coefficient (Wildman–Crippen LogP) is 3.68. The number of rotatable bonds is 4. The minimum Gasteiger partial charge on any atom is -0.506 e. The molecule has 20 heavy (non-hydrogen) atoms. The second-order valence-corrected chi connectivity index (χ2v) is 8.36. The van der Waals surface area contributed by atoms with E-state index in [4.69, 9.17) is 16.3 Å². The van der Waals surface area contributed by atoms with Gasteiger partial charge in [0, 0.05) is 6.07 Å². The van der Waals surface area contributed by atoms with E-state index in [-0.39, 0.29) is 15.6 Å². The second-order valence-electron chi connectivity index (χ2n) is 3.68. The van der Waals surface area contributed by atoms with E-state index in [1.165, 1.54) is 31.4 Å². The molecule has 0 spiro atoms. The van der Waals surface area contributed by atoms with Gasteiger partial charge in [0.25, 0.3) is 10.0 Å². The monoisotopic (exact) mass is 397 g/mol. The largest absolute Gasteiger partial charge is 0.506 e. The molecule has 0 saturated carbocycles. The summed E-state index contributed by atoms with van der Waals surface area (Å²) in [6.07, 6.45) is 0. The van der Waals surface area contributed by atoms with E-state index in [9.17, 15) is 13.5 Å². The minimum absolute atomic E-state index is 0.0459. The van der Waals surface area contributed by atoms with Crippen LogP contribution in [-0.2, 0) is 10.0 Å². The summed E-state index contributed by atoms with van der Waals surface area (Å²) < 4.78 is 32.1. The van der Waals surface area contributed by atoms with Crippen LogP contribution in [0.4, 0.5) is 5.69 Å². The highest BCUT2D eigenvalue weighted by molar-refractivity contribution is 9.11. The number of halogens is 2. The first-order valence-corrected chi connectivity index (χ1v) is 8.65. The van der Waals surface area contributed by atoms with Crippen molar-refractivity contribution in [2.45, 2.75) is 4.21 Å². The summed E-state index contributed by atoms with van der Waals surface area (Å²) in [5.74, 6) is 0.196. The molecule has 0 unspecified atom stereocenters. The van der Waals surface area contributed by atoms with Crippen LogP contribution in [0.15, 0.2) is 32.3 Å². The van der Waals surface area contributed by atoms with E-state index in [0.29, 0.717) is 14.6 Å². The van der Waals surface area contributed by atoms with Crippen LogP contribution in [0.5, 0.6) is 11.5 Å². The first kappa shape index (κ1) is 15.4. The molecule has 2 N–H and O–H groups in total. The van der Waals surface area contributed by atoms with Crippen molar-refractivity contribution in [2.24, 2.45) is 0 Å². The fourth-order valence-electron chi connectivity index (χ4n) is 1.38. The number of aromatic hydroxyl groups is 1. The highest BCUT2D eigenvalue weighted by Gasteiger charge is 2.20. The Kier molecular flexibility index (Phi) is 4.48. The summed E-state index contributed by atoms with van der Waals surface area (Å²) in [6.45, 7) is 0. The molecule has 0 atom stereocenters. The maximum atomic E-state index is 12.2. The fraction of sp³-hybridized carbons (Fsp3) is 0.0909. The number of thiophene rings is 1. The average Bonchev–Trinajstić information content (AvgIpc) is 2.73. The summed E-state index contributed by atoms with van der Waals surface area (Å²) >= 11 is 9.95. The summed E-state index contributed by atoms with van der Waals surface area (Å²) in [7, 11) is -2.36. The number of phenolic OH excluding ortho intramolecular Hbond substituents is 1.